The van der Waals surface area contributed by atoms with Gasteiger partial charge in [0.25, 0.3) is 11.6 Å². The van der Waals surface area contributed by atoms with Crippen LogP contribution in [0.2, 0.25) is 0 Å². The highest BCUT2D eigenvalue weighted by Gasteiger charge is 2.29. The lowest BCUT2D eigenvalue weighted by atomic mass is 9.95. The summed E-state index contributed by atoms with van der Waals surface area (Å²) in [5.41, 5.74) is 2.01. The van der Waals surface area contributed by atoms with Gasteiger partial charge in [0, 0.05) is 47.9 Å². The van der Waals surface area contributed by atoms with E-state index in [0.717, 1.165) is 11.3 Å². The Morgan fingerprint density at radius 3 is 2.59 bits per heavy atom. The van der Waals surface area contributed by atoms with E-state index in [1.807, 2.05) is 25.3 Å². The minimum Gasteiger partial charge on any atom is -0.339 e. The normalized spacial score (nSPS) is 14.1. The smallest absolute Gasteiger partial charge is 0.284 e. The average molecular weight is 498 g/mol. The predicted octanol–water partition coefficient (Wildman–Crippen LogP) is 4.71. The second kappa shape index (κ2) is 10.3. The average Bonchev–Trinajstić information content (AvgIpc) is 3.24. The molecule has 2 amide bonds. The lowest BCUT2D eigenvalue weighted by molar-refractivity contribution is -0.387. The van der Waals surface area contributed by atoms with Crippen molar-refractivity contribution in [2.75, 3.05) is 18.4 Å². The van der Waals surface area contributed by atoms with E-state index in [2.05, 4.69) is 15.3 Å². The standard InChI is InChI=1S/C23H23N5O4S2/c1-14-3-6-20(24-12-14)26-21(29)16-7-9-27(10-8-16)22(30)17-4-5-19(18(11-17)28(31)32)34-23-25-15(2)13-33-23/h3-6,11-13,16H,7-10H2,1-2H3,(H,24,26,29). The van der Waals surface area contributed by atoms with Crippen LogP contribution >= 0.6 is 23.1 Å². The summed E-state index contributed by atoms with van der Waals surface area (Å²) in [4.78, 5) is 47.4. The van der Waals surface area contributed by atoms with E-state index < -0.39 is 4.92 Å². The Morgan fingerprint density at radius 2 is 1.97 bits per heavy atom. The van der Waals surface area contributed by atoms with Gasteiger partial charge in [-0.2, -0.15) is 0 Å². The SMILES string of the molecule is Cc1ccc(NC(=O)C2CCN(C(=O)c3ccc(Sc4nc(C)cs4)c([N+](=O)[O-])c3)CC2)nc1. The number of likely N-dealkylation sites (tertiary alicyclic amines) is 1. The fourth-order valence-corrected chi connectivity index (χ4v) is 5.53. The number of hydrogen-bond acceptors (Lipinski definition) is 8. The minimum atomic E-state index is -0.477. The van der Waals surface area contributed by atoms with E-state index in [0.29, 0.717) is 41.0 Å². The molecule has 0 radical (unpaired) electrons. The van der Waals surface area contributed by atoms with Crippen molar-refractivity contribution in [3.8, 4) is 0 Å². The number of anilines is 1. The number of benzene rings is 1. The fraction of sp³-hybridized carbons (Fsp3) is 0.304. The number of carbonyl (C=O) groups excluding carboxylic acids is 2. The molecule has 4 rings (SSSR count). The van der Waals surface area contributed by atoms with Gasteiger partial charge < -0.3 is 10.2 Å². The maximum absolute atomic E-state index is 13.0. The number of aryl methyl sites for hydroxylation is 2. The summed E-state index contributed by atoms with van der Waals surface area (Å²) in [6.45, 7) is 4.60. The fourth-order valence-electron chi connectivity index (χ4n) is 3.65. The number of hydrogen-bond donors (Lipinski definition) is 1. The first kappa shape index (κ1) is 23.8. The second-order valence-corrected chi connectivity index (χ2v) is 10.2. The number of nitrogens with one attached hydrogen (secondary N) is 1. The molecular weight excluding hydrogens is 474 g/mol. The number of pyridine rings is 1. The van der Waals surface area contributed by atoms with Gasteiger partial charge in [0.1, 0.15) is 5.82 Å². The molecule has 0 unspecified atom stereocenters. The molecule has 1 N–H and O–H groups in total. The molecule has 2 aromatic heterocycles. The van der Waals surface area contributed by atoms with Gasteiger partial charge in [-0.3, -0.25) is 19.7 Å². The topological polar surface area (TPSA) is 118 Å². The molecule has 3 heterocycles. The number of nitrogens with zero attached hydrogens (tertiary/aromatic N) is 4. The molecule has 0 atom stereocenters. The highest BCUT2D eigenvalue weighted by Crippen LogP contribution is 2.37. The van der Waals surface area contributed by atoms with Crippen molar-refractivity contribution in [3.05, 3.63) is 68.8 Å². The van der Waals surface area contributed by atoms with E-state index in [1.165, 1.54) is 29.2 Å². The number of piperidine rings is 1. The molecular formula is C23H23N5O4S2. The monoisotopic (exact) mass is 497 g/mol. The summed E-state index contributed by atoms with van der Waals surface area (Å²) in [5.74, 6) is -0.101. The highest BCUT2D eigenvalue weighted by atomic mass is 32.2. The Bertz CT molecular complexity index is 1220. The van der Waals surface area contributed by atoms with Crippen LogP contribution in [0.15, 0.2) is 51.1 Å². The van der Waals surface area contributed by atoms with Crippen LogP contribution in [0.1, 0.15) is 34.5 Å². The third-order valence-corrected chi connectivity index (χ3v) is 7.63. The first-order chi connectivity index (χ1) is 16.3. The third-order valence-electron chi connectivity index (χ3n) is 5.51. The van der Waals surface area contributed by atoms with Crippen LogP contribution in [0.5, 0.6) is 0 Å². The molecule has 176 valence electrons. The number of nitro benzene ring substituents is 1. The van der Waals surface area contributed by atoms with Crippen LogP contribution in [0.4, 0.5) is 11.5 Å². The number of nitro groups is 1. The molecule has 0 spiro atoms. The number of rotatable bonds is 6. The predicted molar refractivity (Wildman–Crippen MR) is 130 cm³/mol. The zero-order valence-electron chi connectivity index (χ0n) is 18.7. The Kier molecular flexibility index (Phi) is 7.23. The Labute approximate surface area is 204 Å². The maximum Gasteiger partial charge on any atom is 0.284 e. The number of aromatic nitrogens is 2. The zero-order chi connectivity index (χ0) is 24.2. The zero-order valence-corrected chi connectivity index (χ0v) is 20.3. The minimum absolute atomic E-state index is 0.113. The molecule has 0 saturated carbocycles. The molecule has 0 aliphatic carbocycles. The Balaban J connectivity index is 1.39. The highest BCUT2D eigenvalue weighted by molar-refractivity contribution is 8.01. The summed E-state index contributed by atoms with van der Waals surface area (Å²) in [6, 6.07) is 8.18. The van der Waals surface area contributed by atoms with E-state index in [1.54, 1.807) is 29.3 Å². The van der Waals surface area contributed by atoms with Crippen LogP contribution in [-0.2, 0) is 4.79 Å². The van der Waals surface area contributed by atoms with Crippen molar-refractivity contribution in [2.24, 2.45) is 5.92 Å². The first-order valence-corrected chi connectivity index (χ1v) is 12.4. The van der Waals surface area contributed by atoms with Crippen molar-refractivity contribution < 1.29 is 14.5 Å². The van der Waals surface area contributed by atoms with Crippen molar-refractivity contribution in [3.63, 3.8) is 0 Å². The summed E-state index contributed by atoms with van der Waals surface area (Å²) in [5, 5.41) is 16.4. The van der Waals surface area contributed by atoms with Crippen LogP contribution in [0.3, 0.4) is 0 Å². The maximum atomic E-state index is 13.0. The molecule has 0 bridgehead atoms. The molecule has 9 nitrogen and oxygen atoms in total. The summed E-state index contributed by atoms with van der Waals surface area (Å²) < 4.78 is 0.709. The molecule has 1 fully saturated rings. The van der Waals surface area contributed by atoms with Crippen molar-refractivity contribution in [1.82, 2.24) is 14.9 Å². The third kappa shape index (κ3) is 5.60. The quantitative estimate of drug-likeness (QED) is 0.387. The van der Waals surface area contributed by atoms with Crippen LogP contribution in [0.25, 0.3) is 0 Å². The molecule has 3 aromatic rings. The molecule has 11 heteroatoms. The van der Waals surface area contributed by atoms with Gasteiger partial charge in [0.15, 0.2) is 4.34 Å². The Morgan fingerprint density at radius 1 is 1.21 bits per heavy atom. The van der Waals surface area contributed by atoms with E-state index in [4.69, 9.17) is 0 Å². The van der Waals surface area contributed by atoms with Gasteiger partial charge in [-0.05, 0) is 50.5 Å². The van der Waals surface area contributed by atoms with Crippen LogP contribution in [-0.4, -0.2) is 44.7 Å². The van der Waals surface area contributed by atoms with E-state index in [9.17, 15) is 19.7 Å². The number of amides is 2. The second-order valence-electron chi connectivity index (χ2n) is 8.07. The molecule has 1 aliphatic heterocycles. The van der Waals surface area contributed by atoms with E-state index >= 15 is 0 Å². The van der Waals surface area contributed by atoms with Crippen LogP contribution in [0, 0.1) is 29.9 Å². The molecule has 1 aromatic carbocycles. The van der Waals surface area contributed by atoms with Gasteiger partial charge in [-0.25, -0.2) is 9.97 Å². The largest absolute Gasteiger partial charge is 0.339 e. The number of thiazole rings is 1. The first-order valence-electron chi connectivity index (χ1n) is 10.7. The van der Waals surface area contributed by atoms with Crippen molar-refractivity contribution in [2.45, 2.75) is 35.9 Å². The van der Waals surface area contributed by atoms with Gasteiger partial charge in [0.05, 0.1) is 9.82 Å². The van der Waals surface area contributed by atoms with Crippen LogP contribution < -0.4 is 5.32 Å². The molecule has 1 saturated heterocycles. The van der Waals surface area contributed by atoms with Crippen molar-refractivity contribution in [1.29, 1.82) is 0 Å². The lowest BCUT2D eigenvalue weighted by Crippen LogP contribution is -2.41. The van der Waals surface area contributed by atoms with Gasteiger partial charge in [-0.1, -0.05) is 17.8 Å². The summed E-state index contributed by atoms with van der Waals surface area (Å²) >= 11 is 2.63. The molecule has 34 heavy (non-hydrogen) atoms. The van der Waals surface area contributed by atoms with E-state index in [-0.39, 0.29) is 29.0 Å². The van der Waals surface area contributed by atoms with Gasteiger partial charge in [0.2, 0.25) is 5.91 Å². The van der Waals surface area contributed by atoms with Gasteiger partial charge in [-0.15, -0.1) is 11.3 Å². The summed E-state index contributed by atoms with van der Waals surface area (Å²) in [6.07, 6.45) is 2.73. The number of carbonyl (C=O) groups is 2. The molecule has 1 aliphatic rings. The summed E-state index contributed by atoms with van der Waals surface area (Å²) in [7, 11) is 0. The van der Waals surface area contributed by atoms with Crippen molar-refractivity contribution >= 4 is 46.4 Å². The lowest BCUT2D eigenvalue weighted by Gasteiger charge is -2.31. The van der Waals surface area contributed by atoms with Gasteiger partial charge >= 0.3 is 0 Å². The Hall–Kier alpha value is -3.31.